The summed E-state index contributed by atoms with van der Waals surface area (Å²) in [6.07, 6.45) is 2.40. The predicted octanol–water partition coefficient (Wildman–Crippen LogP) is 2.45. The van der Waals surface area contributed by atoms with Gasteiger partial charge in [0, 0.05) is 12.1 Å². The van der Waals surface area contributed by atoms with Gasteiger partial charge in [0.25, 0.3) is 5.56 Å². The van der Waals surface area contributed by atoms with Gasteiger partial charge in [-0.25, -0.2) is 9.20 Å². The molecular weight excluding hydrogens is 394 g/mol. The molecule has 158 valence electrons. The Balaban J connectivity index is 1.49. The van der Waals surface area contributed by atoms with Crippen LogP contribution in [0.25, 0.3) is 16.8 Å². The van der Waals surface area contributed by atoms with Crippen molar-refractivity contribution in [2.45, 2.75) is 26.4 Å². The monoisotopic (exact) mass is 417 g/mol. The zero-order valence-electron chi connectivity index (χ0n) is 17.4. The molecule has 0 fully saturated rings. The van der Waals surface area contributed by atoms with Crippen LogP contribution in [0.15, 0.2) is 65.7 Å². The third-order valence-electron chi connectivity index (χ3n) is 5.06. The third kappa shape index (κ3) is 4.48. The highest BCUT2D eigenvalue weighted by Crippen LogP contribution is 2.19. The summed E-state index contributed by atoms with van der Waals surface area (Å²) in [5.41, 5.74) is 3.73. The van der Waals surface area contributed by atoms with Crippen LogP contribution in [0.5, 0.6) is 5.75 Å². The van der Waals surface area contributed by atoms with E-state index < -0.39 is 0 Å². The van der Waals surface area contributed by atoms with Gasteiger partial charge in [0.15, 0.2) is 0 Å². The summed E-state index contributed by atoms with van der Waals surface area (Å²) in [6, 6.07) is 17.2. The molecule has 8 heteroatoms. The van der Waals surface area contributed by atoms with Crippen molar-refractivity contribution in [3.63, 3.8) is 0 Å². The lowest BCUT2D eigenvalue weighted by molar-refractivity contribution is -0.122. The highest BCUT2D eigenvalue weighted by atomic mass is 16.5. The fourth-order valence-electron chi connectivity index (χ4n) is 3.28. The Kier molecular flexibility index (Phi) is 5.79. The molecule has 0 atom stereocenters. The van der Waals surface area contributed by atoms with Crippen molar-refractivity contribution in [2.75, 3.05) is 7.11 Å². The molecule has 2 aromatic heterocycles. The molecule has 0 bridgehead atoms. The van der Waals surface area contributed by atoms with E-state index in [1.165, 1.54) is 16.4 Å². The van der Waals surface area contributed by atoms with Gasteiger partial charge in [-0.15, -0.1) is 0 Å². The number of nitrogens with zero attached hydrogens (tertiary/aromatic N) is 4. The van der Waals surface area contributed by atoms with E-state index in [1.807, 2.05) is 48.5 Å². The molecule has 2 heterocycles. The van der Waals surface area contributed by atoms with E-state index in [2.05, 4.69) is 22.4 Å². The molecule has 0 spiro atoms. The minimum atomic E-state index is -0.372. The first kappa shape index (κ1) is 20.3. The fourth-order valence-corrected chi connectivity index (χ4v) is 3.28. The lowest BCUT2D eigenvalue weighted by Crippen LogP contribution is -2.34. The predicted molar refractivity (Wildman–Crippen MR) is 117 cm³/mol. The van der Waals surface area contributed by atoms with Gasteiger partial charge in [-0.05, 0) is 35.7 Å². The Labute approximate surface area is 179 Å². The van der Waals surface area contributed by atoms with Crippen LogP contribution in [0.3, 0.4) is 0 Å². The molecule has 4 aromatic rings. The van der Waals surface area contributed by atoms with Crippen LogP contribution in [-0.4, -0.2) is 32.4 Å². The molecule has 0 saturated heterocycles. The molecule has 8 nitrogen and oxygen atoms in total. The molecule has 0 saturated carbocycles. The summed E-state index contributed by atoms with van der Waals surface area (Å²) in [7, 11) is 1.59. The van der Waals surface area contributed by atoms with Gasteiger partial charge < -0.3 is 10.1 Å². The van der Waals surface area contributed by atoms with Crippen LogP contribution in [0.1, 0.15) is 18.1 Å². The van der Waals surface area contributed by atoms with Crippen LogP contribution >= 0.6 is 0 Å². The molecular formula is C23H23N5O3. The van der Waals surface area contributed by atoms with E-state index in [0.717, 1.165) is 28.0 Å². The first-order chi connectivity index (χ1) is 15.1. The average molecular weight is 417 g/mol. The molecule has 1 amide bonds. The summed E-state index contributed by atoms with van der Waals surface area (Å²) in [6.45, 7) is 2.25. The maximum absolute atomic E-state index is 12.8. The molecule has 4 rings (SSSR count). The lowest BCUT2D eigenvalue weighted by Gasteiger charge is -2.08. The van der Waals surface area contributed by atoms with Crippen LogP contribution < -0.4 is 15.6 Å². The summed E-state index contributed by atoms with van der Waals surface area (Å²) in [5.74, 6) is 0.410. The number of nitrogens with one attached hydrogen (secondary N) is 1. The maximum Gasteiger partial charge on any atom is 0.293 e. The van der Waals surface area contributed by atoms with E-state index in [1.54, 1.807) is 13.2 Å². The fraction of sp³-hybridized carbons (Fsp3) is 0.217. The summed E-state index contributed by atoms with van der Waals surface area (Å²) >= 11 is 0. The maximum atomic E-state index is 12.8. The molecule has 2 aromatic carbocycles. The van der Waals surface area contributed by atoms with Crippen molar-refractivity contribution < 1.29 is 9.53 Å². The number of carbonyl (C=O) groups is 1. The molecule has 0 unspecified atom stereocenters. The largest absolute Gasteiger partial charge is 0.497 e. The van der Waals surface area contributed by atoms with E-state index in [-0.39, 0.29) is 18.0 Å². The smallest absolute Gasteiger partial charge is 0.293 e. The second-order valence-corrected chi connectivity index (χ2v) is 7.13. The molecule has 31 heavy (non-hydrogen) atoms. The number of ether oxygens (including phenoxy) is 1. The normalized spacial score (nSPS) is 10.9. The van der Waals surface area contributed by atoms with Gasteiger partial charge in [-0.1, -0.05) is 43.3 Å². The minimum absolute atomic E-state index is 0.176. The van der Waals surface area contributed by atoms with Crippen LogP contribution in [0, 0.1) is 0 Å². The van der Waals surface area contributed by atoms with Crippen molar-refractivity contribution in [3.8, 4) is 17.0 Å². The van der Waals surface area contributed by atoms with E-state index in [9.17, 15) is 9.59 Å². The third-order valence-corrected chi connectivity index (χ3v) is 5.06. The van der Waals surface area contributed by atoms with Gasteiger partial charge in [-0.2, -0.15) is 10.2 Å². The lowest BCUT2D eigenvalue weighted by atomic mass is 10.1. The second kappa shape index (κ2) is 8.83. The molecule has 0 aliphatic carbocycles. The number of aryl methyl sites for hydroxylation is 1. The summed E-state index contributed by atoms with van der Waals surface area (Å²) in [4.78, 5) is 25.2. The van der Waals surface area contributed by atoms with Crippen LogP contribution in [-0.2, 0) is 24.3 Å². The number of hydrogen-bond acceptors (Lipinski definition) is 5. The van der Waals surface area contributed by atoms with E-state index >= 15 is 0 Å². The number of fused-ring (bicyclic) bond motifs is 1. The molecule has 0 aliphatic heterocycles. The Bertz CT molecular complexity index is 1270. The SMILES string of the molecule is CCc1ccc(-c2cc3c(=O)n(CC(=O)NCc4cccc(OC)c4)ncn3n2)cc1. The van der Waals surface area contributed by atoms with Gasteiger partial charge in [-0.3, -0.25) is 9.59 Å². The van der Waals surface area contributed by atoms with Crippen molar-refractivity contribution in [2.24, 2.45) is 0 Å². The van der Waals surface area contributed by atoms with Crippen LogP contribution in [0.4, 0.5) is 0 Å². The summed E-state index contributed by atoms with van der Waals surface area (Å²) in [5, 5.41) is 11.3. The molecule has 0 radical (unpaired) electrons. The van der Waals surface area contributed by atoms with Crippen molar-refractivity contribution in [1.29, 1.82) is 0 Å². The second-order valence-electron chi connectivity index (χ2n) is 7.13. The number of benzene rings is 2. The van der Waals surface area contributed by atoms with Gasteiger partial charge in [0.05, 0.1) is 12.8 Å². The number of aromatic nitrogens is 4. The standard InChI is InChI=1S/C23H23N5O3/c1-3-16-7-9-18(10-8-16)20-12-21-23(30)27(25-15-28(21)26-20)14-22(29)24-13-17-5-4-6-19(11-17)31-2/h4-12,15H,3,13-14H2,1-2H3,(H,24,29). The number of carbonyl (C=O) groups excluding carboxylic acids is 1. The molecule has 1 N–H and O–H groups in total. The van der Waals surface area contributed by atoms with Crippen molar-refractivity contribution >= 4 is 11.4 Å². The van der Waals surface area contributed by atoms with Crippen molar-refractivity contribution in [1.82, 2.24) is 24.7 Å². The number of rotatable bonds is 7. The minimum Gasteiger partial charge on any atom is -0.497 e. The Morgan fingerprint density at radius 3 is 2.65 bits per heavy atom. The first-order valence-corrected chi connectivity index (χ1v) is 10.0. The van der Waals surface area contributed by atoms with Crippen molar-refractivity contribution in [3.05, 3.63) is 82.4 Å². The van der Waals surface area contributed by atoms with E-state index in [4.69, 9.17) is 4.74 Å². The van der Waals surface area contributed by atoms with E-state index in [0.29, 0.717) is 17.8 Å². The van der Waals surface area contributed by atoms with Gasteiger partial charge >= 0.3 is 0 Å². The Morgan fingerprint density at radius 1 is 1.10 bits per heavy atom. The Morgan fingerprint density at radius 2 is 1.90 bits per heavy atom. The van der Waals surface area contributed by atoms with Gasteiger partial charge in [0.2, 0.25) is 5.91 Å². The topological polar surface area (TPSA) is 90.5 Å². The zero-order valence-corrected chi connectivity index (χ0v) is 17.4. The Hall–Kier alpha value is -3.94. The number of amides is 1. The molecule has 0 aliphatic rings. The zero-order chi connectivity index (χ0) is 21.8. The number of hydrogen-bond donors (Lipinski definition) is 1. The highest BCUT2D eigenvalue weighted by molar-refractivity contribution is 5.75. The highest BCUT2D eigenvalue weighted by Gasteiger charge is 2.12. The quantitative estimate of drug-likeness (QED) is 0.499. The van der Waals surface area contributed by atoms with Gasteiger partial charge in [0.1, 0.15) is 24.1 Å². The number of methoxy groups -OCH3 is 1. The summed E-state index contributed by atoms with van der Waals surface area (Å²) < 4.78 is 7.76. The van der Waals surface area contributed by atoms with Crippen LogP contribution in [0.2, 0.25) is 0 Å². The average Bonchev–Trinajstić information content (AvgIpc) is 3.25. The first-order valence-electron chi connectivity index (χ1n) is 10.0.